The van der Waals surface area contributed by atoms with Crippen molar-refractivity contribution in [3.63, 3.8) is 0 Å². The number of halogens is 3. The minimum Gasteiger partial charge on any atom is -0.371 e. The van der Waals surface area contributed by atoms with Gasteiger partial charge in [0.1, 0.15) is 0 Å². The molecule has 2 aliphatic rings. The Balaban J connectivity index is 1.58. The standard InChI is InChI=1S/C27H29F3N4O2/c1-18-6-4-5-7-21(18)24(35)34-16-23(25(36)32(2)3)26(17-34)10-12-33(13-11-26)20-9-8-19(15-31)22(14-20)27(28,29)30/h4-9,14,23H,10-13,16-17H2,1-3H3. The largest absolute Gasteiger partial charge is 0.417 e. The smallest absolute Gasteiger partial charge is 0.371 e. The normalized spacial score (nSPS) is 19.3. The lowest BCUT2D eigenvalue weighted by Crippen LogP contribution is -2.48. The van der Waals surface area contributed by atoms with E-state index in [4.69, 9.17) is 5.26 Å². The van der Waals surface area contributed by atoms with Gasteiger partial charge < -0.3 is 14.7 Å². The number of alkyl halides is 3. The van der Waals surface area contributed by atoms with Crippen molar-refractivity contribution in [2.45, 2.75) is 25.9 Å². The average molecular weight is 499 g/mol. The zero-order chi connectivity index (χ0) is 26.3. The van der Waals surface area contributed by atoms with Crippen molar-refractivity contribution >= 4 is 17.5 Å². The summed E-state index contributed by atoms with van der Waals surface area (Å²) in [5, 5.41) is 9.09. The summed E-state index contributed by atoms with van der Waals surface area (Å²) in [6.07, 6.45) is -3.49. The van der Waals surface area contributed by atoms with E-state index in [1.165, 1.54) is 12.1 Å². The minimum atomic E-state index is -4.62. The van der Waals surface area contributed by atoms with Gasteiger partial charge in [-0.25, -0.2) is 0 Å². The fraction of sp³-hybridized carbons (Fsp3) is 0.444. The molecule has 2 aromatic rings. The number of benzene rings is 2. The molecule has 0 aromatic heterocycles. The predicted octanol–water partition coefficient (Wildman–Crippen LogP) is 4.33. The van der Waals surface area contributed by atoms with Gasteiger partial charge in [0, 0.05) is 56.9 Å². The summed E-state index contributed by atoms with van der Waals surface area (Å²) in [4.78, 5) is 31.7. The van der Waals surface area contributed by atoms with Crippen LogP contribution < -0.4 is 4.90 Å². The van der Waals surface area contributed by atoms with Crippen LogP contribution in [-0.2, 0) is 11.0 Å². The summed E-state index contributed by atoms with van der Waals surface area (Å²) >= 11 is 0. The summed E-state index contributed by atoms with van der Waals surface area (Å²) in [6.45, 7) is 3.53. The fourth-order valence-corrected chi connectivity index (χ4v) is 5.54. The molecular weight excluding hydrogens is 469 g/mol. The molecule has 1 spiro atoms. The van der Waals surface area contributed by atoms with Crippen molar-refractivity contribution in [1.29, 1.82) is 5.26 Å². The topological polar surface area (TPSA) is 67.7 Å². The molecule has 0 aliphatic carbocycles. The van der Waals surface area contributed by atoms with Crippen LogP contribution in [-0.4, -0.2) is 61.9 Å². The van der Waals surface area contributed by atoms with Gasteiger partial charge in [0.15, 0.2) is 0 Å². The van der Waals surface area contributed by atoms with E-state index in [0.29, 0.717) is 50.3 Å². The number of hydrogen-bond acceptors (Lipinski definition) is 4. The Kier molecular flexibility index (Phi) is 6.74. The highest BCUT2D eigenvalue weighted by Gasteiger charge is 2.53. The van der Waals surface area contributed by atoms with E-state index >= 15 is 0 Å². The van der Waals surface area contributed by atoms with Crippen molar-refractivity contribution in [1.82, 2.24) is 9.80 Å². The molecule has 1 unspecified atom stereocenters. The van der Waals surface area contributed by atoms with Gasteiger partial charge in [0.05, 0.1) is 23.1 Å². The molecular formula is C27H29F3N4O2. The Bertz CT molecular complexity index is 1210. The summed E-state index contributed by atoms with van der Waals surface area (Å²) < 4.78 is 40.4. The van der Waals surface area contributed by atoms with Gasteiger partial charge in [-0.05, 0) is 49.6 Å². The van der Waals surface area contributed by atoms with Crippen LogP contribution in [0.2, 0.25) is 0 Å². The van der Waals surface area contributed by atoms with E-state index in [9.17, 15) is 22.8 Å². The maximum Gasteiger partial charge on any atom is 0.417 e. The summed E-state index contributed by atoms with van der Waals surface area (Å²) in [5.74, 6) is -0.526. The Hall–Kier alpha value is -3.54. The lowest BCUT2D eigenvalue weighted by Gasteiger charge is -2.43. The van der Waals surface area contributed by atoms with Gasteiger partial charge in [0.2, 0.25) is 5.91 Å². The third-order valence-electron chi connectivity index (χ3n) is 7.60. The second kappa shape index (κ2) is 9.49. The van der Waals surface area contributed by atoms with Crippen LogP contribution >= 0.6 is 0 Å². The molecule has 2 fully saturated rings. The number of nitrogens with zero attached hydrogens (tertiary/aromatic N) is 4. The van der Waals surface area contributed by atoms with Gasteiger partial charge in [-0.3, -0.25) is 9.59 Å². The average Bonchev–Trinajstić information content (AvgIpc) is 3.21. The molecule has 0 N–H and O–H groups in total. The number of likely N-dealkylation sites (tertiary alicyclic amines) is 1. The number of carbonyl (C=O) groups is 2. The van der Waals surface area contributed by atoms with E-state index < -0.39 is 22.7 Å². The first kappa shape index (κ1) is 25.5. The van der Waals surface area contributed by atoms with Gasteiger partial charge in [-0.2, -0.15) is 18.4 Å². The van der Waals surface area contributed by atoms with Crippen molar-refractivity contribution in [3.8, 4) is 6.07 Å². The molecule has 2 heterocycles. The van der Waals surface area contributed by atoms with Crippen molar-refractivity contribution in [2.24, 2.45) is 11.3 Å². The number of rotatable bonds is 3. The zero-order valence-corrected chi connectivity index (χ0v) is 20.6. The molecule has 190 valence electrons. The molecule has 0 saturated carbocycles. The van der Waals surface area contributed by atoms with E-state index in [1.54, 1.807) is 36.0 Å². The van der Waals surface area contributed by atoms with Crippen LogP contribution in [0.4, 0.5) is 18.9 Å². The molecule has 2 saturated heterocycles. The van der Waals surface area contributed by atoms with E-state index in [-0.39, 0.29) is 17.7 Å². The van der Waals surface area contributed by atoms with Gasteiger partial charge in [-0.1, -0.05) is 18.2 Å². The number of amides is 2. The first-order valence-electron chi connectivity index (χ1n) is 11.9. The Morgan fingerprint density at radius 2 is 1.78 bits per heavy atom. The number of carbonyl (C=O) groups excluding carboxylic acids is 2. The van der Waals surface area contributed by atoms with Gasteiger partial charge in [-0.15, -0.1) is 0 Å². The van der Waals surface area contributed by atoms with Crippen LogP contribution in [0.3, 0.4) is 0 Å². The van der Waals surface area contributed by atoms with Gasteiger partial charge >= 0.3 is 6.18 Å². The predicted molar refractivity (Wildman–Crippen MR) is 129 cm³/mol. The Labute approximate surface area is 208 Å². The Morgan fingerprint density at radius 1 is 1.11 bits per heavy atom. The van der Waals surface area contributed by atoms with E-state index in [0.717, 1.165) is 11.6 Å². The maximum atomic E-state index is 13.5. The lowest BCUT2D eigenvalue weighted by atomic mass is 9.70. The number of piperidine rings is 1. The van der Waals surface area contributed by atoms with Crippen LogP contribution in [0.5, 0.6) is 0 Å². The molecule has 2 aromatic carbocycles. The van der Waals surface area contributed by atoms with Crippen molar-refractivity contribution < 1.29 is 22.8 Å². The monoisotopic (exact) mass is 498 g/mol. The molecule has 9 heteroatoms. The maximum absolute atomic E-state index is 13.5. The fourth-order valence-electron chi connectivity index (χ4n) is 5.54. The summed E-state index contributed by atoms with van der Waals surface area (Å²) in [6, 6.07) is 12.8. The highest BCUT2D eigenvalue weighted by atomic mass is 19.4. The lowest BCUT2D eigenvalue weighted by molar-refractivity contribution is -0.138. The molecule has 4 rings (SSSR count). The van der Waals surface area contributed by atoms with Crippen LogP contribution in [0.1, 0.15) is 39.9 Å². The first-order valence-corrected chi connectivity index (χ1v) is 11.9. The highest BCUT2D eigenvalue weighted by Crippen LogP contribution is 2.47. The Morgan fingerprint density at radius 3 is 2.36 bits per heavy atom. The van der Waals surface area contributed by atoms with E-state index in [2.05, 4.69) is 0 Å². The van der Waals surface area contributed by atoms with E-state index in [1.807, 2.05) is 30.0 Å². The number of nitriles is 1. The van der Waals surface area contributed by atoms with Crippen molar-refractivity contribution in [2.75, 3.05) is 45.2 Å². The summed E-state index contributed by atoms with van der Waals surface area (Å²) in [5.41, 5.74) is 0.0834. The number of aryl methyl sites for hydroxylation is 1. The van der Waals surface area contributed by atoms with Crippen LogP contribution in [0, 0.1) is 29.6 Å². The van der Waals surface area contributed by atoms with Gasteiger partial charge in [0.25, 0.3) is 5.91 Å². The molecule has 2 aliphatic heterocycles. The number of hydrogen-bond donors (Lipinski definition) is 0. The highest BCUT2D eigenvalue weighted by molar-refractivity contribution is 5.96. The SMILES string of the molecule is Cc1ccccc1C(=O)N1CC(C(=O)N(C)C)C2(CCN(c3ccc(C#N)c(C(F)(F)F)c3)CC2)C1. The molecule has 1 atom stereocenters. The molecule has 2 amide bonds. The third-order valence-corrected chi connectivity index (χ3v) is 7.60. The quantitative estimate of drug-likeness (QED) is 0.632. The van der Waals surface area contributed by atoms with Crippen LogP contribution in [0.15, 0.2) is 42.5 Å². The first-order chi connectivity index (χ1) is 17.0. The van der Waals surface area contributed by atoms with Crippen LogP contribution in [0.25, 0.3) is 0 Å². The molecule has 6 nitrogen and oxygen atoms in total. The minimum absolute atomic E-state index is 0.0405. The summed E-state index contributed by atoms with van der Waals surface area (Å²) in [7, 11) is 3.40. The third kappa shape index (κ3) is 4.64. The molecule has 0 bridgehead atoms. The van der Waals surface area contributed by atoms with Crippen molar-refractivity contribution in [3.05, 3.63) is 64.7 Å². The molecule has 36 heavy (non-hydrogen) atoms. The molecule has 0 radical (unpaired) electrons. The zero-order valence-electron chi connectivity index (χ0n) is 20.6. The number of anilines is 1. The second-order valence-electron chi connectivity index (χ2n) is 9.97. The second-order valence-corrected chi connectivity index (χ2v) is 9.97.